The van der Waals surface area contributed by atoms with Gasteiger partial charge in [0.05, 0.1) is 17.9 Å². The van der Waals surface area contributed by atoms with Gasteiger partial charge in [0.2, 0.25) is 5.91 Å². The molecule has 1 atom stereocenters. The zero-order valence-corrected chi connectivity index (χ0v) is 27.8. The topological polar surface area (TPSA) is 121 Å². The Balaban J connectivity index is 1.23. The predicted octanol–water partition coefficient (Wildman–Crippen LogP) is 5.80. The van der Waals surface area contributed by atoms with Crippen molar-refractivity contribution < 1.29 is 27.5 Å². The molecule has 262 valence electrons. The van der Waals surface area contributed by atoms with Crippen molar-refractivity contribution >= 4 is 45.4 Å². The van der Waals surface area contributed by atoms with E-state index in [1.165, 1.54) is 70.4 Å². The van der Waals surface area contributed by atoms with Gasteiger partial charge in [0.15, 0.2) is 22.9 Å². The number of H-pyrrole nitrogens is 1. The number of hydrogen-bond acceptors (Lipinski definition) is 7. The third kappa shape index (κ3) is 6.94. The molecule has 4 heterocycles. The number of fused-ring (bicyclic) bond motifs is 2. The Kier molecular flexibility index (Phi) is 9.55. The number of halogens is 3. The van der Waals surface area contributed by atoms with E-state index >= 15 is 0 Å². The molecule has 0 radical (unpaired) electrons. The van der Waals surface area contributed by atoms with Gasteiger partial charge in [0.25, 0.3) is 5.91 Å². The summed E-state index contributed by atoms with van der Waals surface area (Å²) >= 11 is 0. The van der Waals surface area contributed by atoms with Crippen LogP contribution in [0.1, 0.15) is 35.8 Å². The number of hydrogen-bond donors (Lipinski definition) is 2. The molecule has 3 aromatic heterocycles. The number of ether oxygens (including phenoxy) is 1. The number of likely N-dealkylation sites (N-methyl/N-ethyl adjacent to an activating group) is 1. The fourth-order valence-corrected chi connectivity index (χ4v) is 6.66. The molecule has 0 spiro atoms. The van der Waals surface area contributed by atoms with Crippen molar-refractivity contribution in [1.29, 1.82) is 0 Å². The van der Waals surface area contributed by atoms with E-state index in [0.29, 0.717) is 46.5 Å². The Hall–Kier alpha value is -5.92. The fourth-order valence-electron chi connectivity index (χ4n) is 6.66. The minimum absolute atomic E-state index is 0.0551. The van der Waals surface area contributed by atoms with Gasteiger partial charge in [-0.3, -0.25) is 9.59 Å². The Labute approximate surface area is 291 Å². The fraction of sp³-hybridized carbons (Fsp3) is 0.270. The number of nitrogens with zero attached hydrogens (tertiary/aromatic N) is 6. The molecule has 1 unspecified atom stereocenters. The van der Waals surface area contributed by atoms with E-state index in [-0.39, 0.29) is 55.5 Å². The molecule has 1 fully saturated rings. The molecule has 7 rings (SSSR count). The van der Waals surface area contributed by atoms with Crippen LogP contribution in [-0.2, 0) is 17.8 Å². The maximum absolute atomic E-state index is 14.9. The van der Waals surface area contributed by atoms with Crippen LogP contribution in [0.25, 0.3) is 22.1 Å². The van der Waals surface area contributed by atoms with Gasteiger partial charge < -0.3 is 29.4 Å². The average Bonchev–Trinajstić information content (AvgIpc) is 3.87. The summed E-state index contributed by atoms with van der Waals surface area (Å²) in [5, 5.41) is 3.25. The predicted molar refractivity (Wildman–Crippen MR) is 186 cm³/mol. The van der Waals surface area contributed by atoms with Crippen LogP contribution in [0.2, 0.25) is 0 Å². The average molecular weight is 697 g/mol. The van der Waals surface area contributed by atoms with Gasteiger partial charge >= 0.3 is 0 Å². The van der Waals surface area contributed by atoms with E-state index in [4.69, 9.17) is 4.74 Å². The third-order valence-corrected chi connectivity index (χ3v) is 9.12. The van der Waals surface area contributed by atoms with Gasteiger partial charge in [0, 0.05) is 30.7 Å². The van der Waals surface area contributed by atoms with Crippen molar-refractivity contribution in [2.75, 3.05) is 36.0 Å². The molecule has 2 amide bonds. The van der Waals surface area contributed by atoms with Crippen LogP contribution < -0.4 is 19.9 Å². The van der Waals surface area contributed by atoms with E-state index in [1.807, 2.05) is 0 Å². The minimum Gasteiger partial charge on any atom is -0.488 e. The number of aromatic nitrogens is 5. The van der Waals surface area contributed by atoms with Gasteiger partial charge in [-0.1, -0.05) is 12.1 Å². The lowest BCUT2D eigenvalue weighted by Crippen LogP contribution is -2.36. The summed E-state index contributed by atoms with van der Waals surface area (Å²) in [7, 11) is 0. The smallest absolute Gasteiger partial charge is 0.271 e. The molecule has 51 heavy (non-hydrogen) atoms. The second kappa shape index (κ2) is 14.5. The lowest BCUT2D eigenvalue weighted by molar-refractivity contribution is -0.119. The van der Waals surface area contributed by atoms with E-state index in [9.17, 15) is 22.8 Å². The highest BCUT2D eigenvalue weighted by Gasteiger charge is 2.32. The number of nitrogens with one attached hydrogen (secondary N) is 2. The van der Waals surface area contributed by atoms with Crippen molar-refractivity contribution in [1.82, 2.24) is 29.8 Å². The van der Waals surface area contributed by atoms with E-state index < -0.39 is 17.5 Å². The van der Waals surface area contributed by atoms with Crippen LogP contribution in [0.3, 0.4) is 0 Å². The van der Waals surface area contributed by atoms with Gasteiger partial charge in [-0.25, -0.2) is 28.1 Å². The molecule has 0 aliphatic carbocycles. The number of carbonyl (C=O) groups is 2. The molecule has 0 bridgehead atoms. The summed E-state index contributed by atoms with van der Waals surface area (Å²) < 4.78 is 50.1. The maximum atomic E-state index is 14.9. The van der Waals surface area contributed by atoms with Crippen LogP contribution in [0.5, 0.6) is 5.75 Å². The molecule has 6 aromatic rings. The van der Waals surface area contributed by atoms with Gasteiger partial charge in [-0.15, -0.1) is 0 Å². The summed E-state index contributed by atoms with van der Waals surface area (Å²) in [6, 6.07) is 15.5. The SMILES string of the molecule is CCN(C(=O)Cn1c(C(=O)NCCc2ccc(F)cc2)c(OCC2CCCN2c2ncnc3[nH]cnc23)c2cc(F)ccc21)c1ccc(F)cc1. The molecule has 1 aliphatic heterocycles. The number of rotatable bonds is 12. The number of carbonyl (C=O) groups excluding carboxylic acids is 2. The monoisotopic (exact) mass is 696 g/mol. The molecule has 3 aromatic carbocycles. The van der Waals surface area contributed by atoms with Gasteiger partial charge in [-0.2, -0.15) is 0 Å². The minimum atomic E-state index is -0.537. The summed E-state index contributed by atoms with van der Waals surface area (Å²) in [6.45, 7) is 2.82. The second-order valence-corrected chi connectivity index (χ2v) is 12.3. The second-order valence-electron chi connectivity index (χ2n) is 12.3. The molecular weight excluding hydrogens is 661 g/mol. The quantitative estimate of drug-likeness (QED) is 0.166. The summed E-state index contributed by atoms with van der Waals surface area (Å²) in [5.41, 5.74) is 3.03. The normalized spacial score (nSPS) is 14.4. The van der Waals surface area contributed by atoms with E-state index in [2.05, 4.69) is 30.2 Å². The Bertz CT molecular complexity index is 2190. The highest BCUT2D eigenvalue weighted by molar-refractivity contribution is 6.05. The van der Waals surface area contributed by atoms with Crippen LogP contribution in [0.15, 0.2) is 79.4 Å². The van der Waals surface area contributed by atoms with Crippen LogP contribution in [0.4, 0.5) is 24.7 Å². The Morgan fingerprint density at radius 2 is 1.73 bits per heavy atom. The van der Waals surface area contributed by atoms with Gasteiger partial charge in [-0.05, 0) is 86.3 Å². The molecule has 11 nitrogen and oxygen atoms in total. The van der Waals surface area contributed by atoms with Crippen LogP contribution in [0, 0.1) is 17.5 Å². The standard InChI is InChI=1S/C37H35F3N8O3/c1-2-46(27-12-9-25(39)10-13-27)31(49)19-48-30-14-11-26(40)18-29(30)34(33(48)37(50)41-16-15-23-5-7-24(38)8-6-23)51-20-28-4-3-17-47(28)36-32-35(43-21-42-32)44-22-45-36/h5-14,18,21-22,28H,2-4,15-17,19-20H2,1H3,(H,41,50)(H,42,43,44,45). The van der Waals surface area contributed by atoms with Gasteiger partial charge in [0.1, 0.15) is 42.4 Å². The number of anilines is 2. The molecular formula is C37H35F3N8O3. The summed E-state index contributed by atoms with van der Waals surface area (Å²) in [5.74, 6) is -1.43. The summed E-state index contributed by atoms with van der Waals surface area (Å²) in [4.78, 5) is 47.8. The van der Waals surface area contributed by atoms with Crippen LogP contribution in [-0.4, -0.2) is 68.6 Å². The van der Waals surface area contributed by atoms with E-state index in [0.717, 1.165) is 18.4 Å². The van der Waals surface area contributed by atoms with Crippen molar-refractivity contribution in [2.45, 2.75) is 38.8 Å². The first kappa shape index (κ1) is 33.6. The number of imidazole rings is 1. The lowest BCUT2D eigenvalue weighted by Gasteiger charge is -2.26. The van der Waals surface area contributed by atoms with Crippen molar-refractivity contribution in [3.8, 4) is 5.75 Å². The third-order valence-electron chi connectivity index (χ3n) is 9.12. The lowest BCUT2D eigenvalue weighted by atomic mass is 10.1. The number of amides is 2. The van der Waals surface area contributed by atoms with Crippen molar-refractivity contribution in [3.05, 3.63) is 108 Å². The molecule has 1 saturated heterocycles. The number of aromatic amines is 1. The first-order chi connectivity index (χ1) is 24.8. The largest absolute Gasteiger partial charge is 0.488 e. The molecule has 2 N–H and O–H groups in total. The van der Waals surface area contributed by atoms with Crippen molar-refractivity contribution in [2.24, 2.45) is 0 Å². The molecule has 0 saturated carbocycles. The zero-order valence-electron chi connectivity index (χ0n) is 27.8. The van der Waals surface area contributed by atoms with E-state index in [1.54, 1.807) is 25.4 Å². The van der Waals surface area contributed by atoms with Crippen LogP contribution >= 0.6 is 0 Å². The zero-order chi connectivity index (χ0) is 35.5. The molecule has 1 aliphatic rings. The highest BCUT2D eigenvalue weighted by atomic mass is 19.1. The Morgan fingerprint density at radius 1 is 0.980 bits per heavy atom. The Morgan fingerprint density at radius 3 is 2.49 bits per heavy atom. The van der Waals surface area contributed by atoms with Crippen molar-refractivity contribution in [3.63, 3.8) is 0 Å². The molecule has 14 heteroatoms. The first-order valence-corrected chi connectivity index (χ1v) is 16.7. The summed E-state index contributed by atoms with van der Waals surface area (Å²) in [6.07, 6.45) is 5.08. The number of benzene rings is 3. The first-order valence-electron chi connectivity index (χ1n) is 16.7. The maximum Gasteiger partial charge on any atom is 0.271 e. The highest BCUT2D eigenvalue weighted by Crippen LogP contribution is 2.36.